The van der Waals surface area contributed by atoms with E-state index in [-0.39, 0.29) is 4.90 Å². The molecule has 20 heavy (non-hydrogen) atoms. The van der Waals surface area contributed by atoms with Gasteiger partial charge in [-0.2, -0.15) is 13.2 Å². The van der Waals surface area contributed by atoms with Crippen LogP contribution in [0.2, 0.25) is 0 Å². The first-order valence-electron chi connectivity index (χ1n) is 4.79. The van der Waals surface area contributed by atoms with Crippen molar-refractivity contribution in [2.75, 3.05) is 11.9 Å². The highest BCUT2D eigenvalue weighted by Gasteiger charge is 2.44. The number of aromatic nitrogens is 1. The number of nitrogens with zero attached hydrogens (tertiary/aromatic N) is 3. The molecule has 0 atom stereocenters. The zero-order valence-corrected chi connectivity index (χ0v) is 9.71. The zero-order valence-electron chi connectivity index (χ0n) is 9.71. The predicted molar refractivity (Wildman–Crippen MR) is 57.3 cm³/mol. The van der Waals surface area contributed by atoms with Gasteiger partial charge in [0.15, 0.2) is 0 Å². The Bertz CT molecular complexity index is 587. The number of carboxylic acids is 1. The minimum atomic E-state index is -5.27. The highest BCUT2D eigenvalue weighted by molar-refractivity contribution is 6.01. The van der Waals surface area contributed by atoms with Crippen LogP contribution in [-0.4, -0.2) is 40.1 Å². The Morgan fingerprint density at radius 2 is 2.00 bits per heavy atom. The van der Waals surface area contributed by atoms with E-state index in [1.54, 1.807) is 0 Å². The number of carboxylic acid groups (broad SMARTS) is 1. The van der Waals surface area contributed by atoms with Crippen LogP contribution in [0.4, 0.5) is 24.7 Å². The number of anilines is 1. The minimum Gasteiger partial charge on any atom is -0.477 e. The van der Waals surface area contributed by atoms with Crippen LogP contribution in [0.15, 0.2) is 12.3 Å². The fourth-order valence-electron chi connectivity index (χ4n) is 1.33. The van der Waals surface area contributed by atoms with Crippen LogP contribution < -0.4 is 4.90 Å². The summed E-state index contributed by atoms with van der Waals surface area (Å²) in [5.41, 5.74) is -2.07. The topological polar surface area (TPSA) is 114 Å². The summed E-state index contributed by atoms with van der Waals surface area (Å²) in [6, 6.07) is 0.746. The molecule has 108 valence electrons. The van der Waals surface area contributed by atoms with Gasteiger partial charge in [0.2, 0.25) is 5.82 Å². The van der Waals surface area contributed by atoms with E-state index in [4.69, 9.17) is 5.11 Å². The van der Waals surface area contributed by atoms with Crippen molar-refractivity contribution in [2.45, 2.75) is 6.18 Å². The second kappa shape index (κ2) is 5.11. The van der Waals surface area contributed by atoms with E-state index < -0.39 is 40.0 Å². The van der Waals surface area contributed by atoms with Crippen LogP contribution in [0.5, 0.6) is 0 Å². The molecule has 1 aromatic heterocycles. The lowest BCUT2D eigenvalue weighted by molar-refractivity contribution is -0.384. The number of nitro groups is 1. The van der Waals surface area contributed by atoms with Gasteiger partial charge >= 0.3 is 23.7 Å². The Kier molecular flexibility index (Phi) is 3.92. The molecule has 0 aliphatic carbocycles. The third-order valence-corrected chi connectivity index (χ3v) is 2.18. The van der Waals surface area contributed by atoms with Gasteiger partial charge in [-0.25, -0.2) is 9.78 Å². The van der Waals surface area contributed by atoms with Gasteiger partial charge < -0.3 is 5.11 Å². The lowest BCUT2D eigenvalue weighted by Crippen LogP contribution is -2.39. The lowest BCUT2D eigenvalue weighted by Gasteiger charge is -2.17. The van der Waals surface area contributed by atoms with Crippen molar-refractivity contribution in [3.63, 3.8) is 0 Å². The number of aromatic carboxylic acids is 1. The Morgan fingerprint density at radius 3 is 2.40 bits per heavy atom. The van der Waals surface area contributed by atoms with Gasteiger partial charge in [0.05, 0.1) is 4.92 Å². The van der Waals surface area contributed by atoms with Gasteiger partial charge in [0.1, 0.15) is 5.56 Å². The number of pyridine rings is 1. The molecule has 1 rings (SSSR count). The smallest absolute Gasteiger partial charge is 0.471 e. The molecule has 0 radical (unpaired) electrons. The molecule has 0 spiro atoms. The van der Waals surface area contributed by atoms with E-state index >= 15 is 0 Å². The molecule has 0 saturated carbocycles. The van der Waals surface area contributed by atoms with E-state index in [9.17, 15) is 32.9 Å². The van der Waals surface area contributed by atoms with Crippen LogP contribution in [0.1, 0.15) is 10.4 Å². The van der Waals surface area contributed by atoms with Gasteiger partial charge in [0, 0.05) is 13.2 Å². The third-order valence-electron chi connectivity index (χ3n) is 2.18. The molecule has 11 heteroatoms. The molecule has 0 aliphatic heterocycles. The van der Waals surface area contributed by atoms with Gasteiger partial charge in [-0.05, 0) is 6.07 Å². The monoisotopic (exact) mass is 293 g/mol. The number of rotatable bonds is 3. The highest BCUT2D eigenvalue weighted by Crippen LogP contribution is 2.31. The van der Waals surface area contributed by atoms with E-state index in [0.717, 1.165) is 12.3 Å². The Hall–Kier alpha value is -2.72. The van der Waals surface area contributed by atoms with Crippen LogP contribution in [0.3, 0.4) is 0 Å². The molecule has 0 saturated heterocycles. The number of hydrogen-bond acceptors (Lipinski definition) is 5. The van der Waals surface area contributed by atoms with Crippen molar-refractivity contribution in [1.82, 2.24) is 4.98 Å². The van der Waals surface area contributed by atoms with Crippen molar-refractivity contribution in [3.8, 4) is 0 Å². The average Bonchev–Trinajstić information content (AvgIpc) is 2.34. The van der Waals surface area contributed by atoms with Crippen molar-refractivity contribution in [3.05, 3.63) is 27.9 Å². The Labute approximate surface area is 108 Å². The summed E-state index contributed by atoms with van der Waals surface area (Å²) in [6.07, 6.45) is -4.52. The van der Waals surface area contributed by atoms with Crippen molar-refractivity contribution >= 4 is 23.4 Å². The molecule has 0 aromatic carbocycles. The van der Waals surface area contributed by atoms with Gasteiger partial charge in [-0.1, -0.05) is 0 Å². The highest BCUT2D eigenvalue weighted by atomic mass is 19.4. The average molecular weight is 293 g/mol. The molecule has 8 nitrogen and oxygen atoms in total. The summed E-state index contributed by atoms with van der Waals surface area (Å²) in [6.45, 7) is 0. The quantitative estimate of drug-likeness (QED) is 0.662. The molecule has 1 amide bonds. The lowest BCUT2D eigenvalue weighted by atomic mass is 10.2. The van der Waals surface area contributed by atoms with E-state index in [0.29, 0.717) is 7.05 Å². The number of carbonyl (C=O) groups excluding carboxylic acids is 1. The molecule has 1 N–H and O–H groups in total. The first kappa shape index (κ1) is 15.3. The van der Waals surface area contributed by atoms with Crippen molar-refractivity contribution < 1.29 is 32.8 Å². The number of halogens is 3. The molecular formula is C9H6F3N3O5. The van der Waals surface area contributed by atoms with Gasteiger partial charge in [0.25, 0.3) is 0 Å². The van der Waals surface area contributed by atoms with Crippen LogP contribution in [-0.2, 0) is 4.79 Å². The zero-order chi connectivity index (χ0) is 15.7. The molecule has 0 bridgehead atoms. The fraction of sp³-hybridized carbons (Fsp3) is 0.222. The third kappa shape index (κ3) is 2.81. The number of hydrogen-bond donors (Lipinski definition) is 1. The van der Waals surface area contributed by atoms with Crippen LogP contribution in [0.25, 0.3) is 0 Å². The maximum atomic E-state index is 12.3. The Morgan fingerprint density at radius 1 is 1.45 bits per heavy atom. The molecule has 0 aliphatic rings. The Balaban J connectivity index is 3.46. The number of carbonyl (C=O) groups is 2. The minimum absolute atomic E-state index is 0.120. The standard InChI is InChI=1S/C9H6F3N3O5/c1-14(8(18)9(10,11)12)6-5(15(19)20)4(7(16)17)2-3-13-6/h2-3H,1H3,(H,16,17). The molecule has 1 heterocycles. The second-order valence-corrected chi connectivity index (χ2v) is 3.45. The molecule has 1 aromatic rings. The van der Waals surface area contributed by atoms with Gasteiger partial charge in [-0.3, -0.25) is 19.8 Å². The van der Waals surface area contributed by atoms with E-state index in [1.807, 2.05) is 0 Å². The maximum Gasteiger partial charge on any atom is 0.471 e. The van der Waals surface area contributed by atoms with E-state index in [2.05, 4.69) is 4.98 Å². The van der Waals surface area contributed by atoms with Gasteiger partial charge in [-0.15, -0.1) is 0 Å². The fourth-order valence-corrected chi connectivity index (χ4v) is 1.33. The summed E-state index contributed by atoms with van der Waals surface area (Å²) < 4.78 is 36.8. The normalized spacial score (nSPS) is 11.0. The van der Waals surface area contributed by atoms with Crippen LogP contribution in [0, 0.1) is 10.1 Å². The first-order valence-corrected chi connectivity index (χ1v) is 4.79. The number of amides is 1. The van der Waals surface area contributed by atoms with Crippen LogP contribution >= 0.6 is 0 Å². The van der Waals surface area contributed by atoms with Crippen molar-refractivity contribution in [1.29, 1.82) is 0 Å². The summed E-state index contributed by atoms with van der Waals surface area (Å²) in [5.74, 6) is -5.14. The molecule has 0 unspecified atom stereocenters. The number of alkyl halides is 3. The summed E-state index contributed by atoms with van der Waals surface area (Å²) in [4.78, 5) is 34.6. The molecule has 0 fully saturated rings. The first-order chi connectivity index (χ1) is 9.07. The summed E-state index contributed by atoms with van der Waals surface area (Å²) in [7, 11) is 0.608. The van der Waals surface area contributed by atoms with Crippen molar-refractivity contribution in [2.24, 2.45) is 0 Å². The second-order valence-electron chi connectivity index (χ2n) is 3.45. The molecular weight excluding hydrogens is 287 g/mol. The maximum absolute atomic E-state index is 12.3. The summed E-state index contributed by atoms with van der Waals surface area (Å²) in [5, 5.41) is 19.6. The SMILES string of the molecule is CN(C(=O)C(F)(F)F)c1nccc(C(=O)O)c1[N+](=O)[O-]. The van der Waals surface area contributed by atoms with E-state index in [1.165, 1.54) is 0 Å². The predicted octanol–water partition coefficient (Wildman–Crippen LogP) is 1.21. The summed E-state index contributed by atoms with van der Waals surface area (Å²) >= 11 is 0. The largest absolute Gasteiger partial charge is 0.477 e.